The summed E-state index contributed by atoms with van der Waals surface area (Å²) < 4.78 is 16.7. The van der Waals surface area contributed by atoms with Crippen molar-refractivity contribution in [1.29, 1.82) is 0 Å². The van der Waals surface area contributed by atoms with Crippen molar-refractivity contribution in [3.8, 4) is 11.5 Å². The second-order valence-electron chi connectivity index (χ2n) is 5.95. The average molecular weight is 389 g/mol. The molecule has 0 spiro atoms. The predicted octanol–water partition coefficient (Wildman–Crippen LogP) is 0.679. The molecule has 2 amide bonds. The Bertz CT molecular complexity index is 925. The first-order valence-corrected chi connectivity index (χ1v) is 8.29. The number of rotatable bonds is 6. The fourth-order valence-corrected chi connectivity index (χ4v) is 2.84. The van der Waals surface area contributed by atoms with Gasteiger partial charge in [-0.1, -0.05) is 0 Å². The maximum Gasteiger partial charge on any atom is 0.340 e. The van der Waals surface area contributed by atoms with Crippen LogP contribution in [-0.4, -0.2) is 53.9 Å². The van der Waals surface area contributed by atoms with E-state index in [2.05, 4.69) is 20.7 Å². The number of esters is 1. The lowest BCUT2D eigenvalue weighted by atomic mass is 10.0. The van der Waals surface area contributed by atoms with Gasteiger partial charge in [0.15, 0.2) is 11.5 Å². The first kappa shape index (κ1) is 19.1. The highest BCUT2D eigenvalue weighted by atomic mass is 16.5. The SMILES string of the molecule is COC(=O)c1cc(OC)c(OC)cc1NC(=O)CC1Cn2ncnc2NC1=O. The van der Waals surface area contributed by atoms with Gasteiger partial charge in [-0.15, -0.1) is 0 Å². The van der Waals surface area contributed by atoms with E-state index in [0.717, 1.165) is 0 Å². The van der Waals surface area contributed by atoms with Crippen LogP contribution >= 0.6 is 0 Å². The Morgan fingerprint density at radius 2 is 1.96 bits per heavy atom. The molecular weight excluding hydrogens is 370 g/mol. The molecule has 1 aromatic heterocycles. The third-order valence-corrected chi connectivity index (χ3v) is 4.25. The largest absolute Gasteiger partial charge is 0.493 e. The fourth-order valence-electron chi connectivity index (χ4n) is 2.84. The monoisotopic (exact) mass is 389 g/mol. The lowest BCUT2D eigenvalue weighted by Crippen LogP contribution is -2.36. The highest BCUT2D eigenvalue weighted by Gasteiger charge is 2.30. The van der Waals surface area contributed by atoms with E-state index in [1.807, 2.05) is 0 Å². The van der Waals surface area contributed by atoms with Gasteiger partial charge in [0, 0.05) is 18.6 Å². The van der Waals surface area contributed by atoms with Crippen LogP contribution in [0.25, 0.3) is 0 Å². The molecule has 0 saturated carbocycles. The molecule has 1 atom stereocenters. The van der Waals surface area contributed by atoms with E-state index < -0.39 is 17.8 Å². The van der Waals surface area contributed by atoms with Crippen LogP contribution in [0, 0.1) is 5.92 Å². The van der Waals surface area contributed by atoms with Crippen LogP contribution in [0.4, 0.5) is 11.6 Å². The zero-order valence-corrected chi connectivity index (χ0v) is 15.5. The van der Waals surface area contributed by atoms with Gasteiger partial charge in [0.25, 0.3) is 0 Å². The van der Waals surface area contributed by atoms with Gasteiger partial charge in [-0.05, 0) is 0 Å². The number of hydrogen-bond acceptors (Lipinski definition) is 8. The number of anilines is 2. The molecule has 148 valence electrons. The number of carbonyl (C=O) groups excluding carboxylic acids is 3. The number of fused-ring (bicyclic) bond motifs is 1. The molecule has 2 N–H and O–H groups in total. The lowest BCUT2D eigenvalue weighted by molar-refractivity contribution is -0.126. The summed E-state index contributed by atoms with van der Waals surface area (Å²) in [6.45, 7) is 0.227. The molecule has 1 unspecified atom stereocenters. The lowest BCUT2D eigenvalue weighted by Gasteiger charge is -2.22. The van der Waals surface area contributed by atoms with Gasteiger partial charge < -0.3 is 19.5 Å². The Kier molecular flexibility index (Phi) is 5.43. The summed E-state index contributed by atoms with van der Waals surface area (Å²) in [6.07, 6.45) is 1.21. The van der Waals surface area contributed by atoms with Crippen LogP contribution in [0.5, 0.6) is 11.5 Å². The van der Waals surface area contributed by atoms with E-state index in [1.165, 1.54) is 44.5 Å². The second kappa shape index (κ2) is 7.94. The zero-order chi connectivity index (χ0) is 20.3. The average Bonchev–Trinajstić information content (AvgIpc) is 3.14. The highest BCUT2D eigenvalue weighted by molar-refractivity contribution is 6.03. The van der Waals surface area contributed by atoms with Gasteiger partial charge in [-0.25, -0.2) is 9.48 Å². The summed E-state index contributed by atoms with van der Waals surface area (Å²) in [5.74, 6) is -1.08. The number of methoxy groups -OCH3 is 3. The van der Waals surface area contributed by atoms with E-state index in [0.29, 0.717) is 17.4 Å². The minimum Gasteiger partial charge on any atom is -0.493 e. The Hall–Kier alpha value is -3.63. The topological polar surface area (TPSA) is 134 Å². The van der Waals surface area contributed by atoms with E-state index in [1.54, 1.807) is 0 Å². The molecule has 1 aromatic carbocycles. The standard InChI is InChI=1S/C17H19N5O6/c1-26-12-5-10(16(25)28-3)11(6-13(12)27-2)20-14(23)4-9-7-22-17(18-8-19-22)21-15(9)24/h5-6,8-9H,4,7H2,1-3H3,(H,20,23)(H,18,19,21,24). The summed E-state index contributed by atoms with van der Waals surface area (Å²) in [5, 5.41) is 9.22. The summed E-state index contributed by atoms with van der Waals surface area (Å²) in [5.41, 5.74) is 0.285. The van der Waals surface area contributed by atoms with Crippen molar-refractivity contribution in [2.45, 2.75) is 13.0 Å². The van der Waals surface area contributed by atoms with Gasteiger partial charge in [-0.3, -0.25) is 14.9 Å². The van der Waals surface area contributed by atoms with Crippen LogP contribution in [0.3, 0.4) is 0 Å². The number of benzene rings is 1. The molecule has 0 saturated heterocycles. The summed E-state index contributed by atoms with van der Waals surface area (Å²) in [4.78, 5) is 40.7. The first-order chi connectivity index (χ1) is 13.5. The fraction of sp³-hybridized carbons (Fsp3) is 0.353. The van der Waals surface area contributed by atoms with Crippen molar-refractivity contribution in [1.82, 2.24) is 14.8 Å². The first-order valence-electron chi connectivity index (χ1n) is 8.29. The summed E-state index contributed by atoms with van der Waals surface area (Å²) in [7, 11) is 4.09. The van der Waals surface area contributed by atoms with E-state index >= 15 is 0 Å². The molecule has 28 heavy (non-hydrogen) atoms. The molecule has 0 bridgehead atoms. The highest BCUT2D eigenvalue weighted by Crippen LogP contribution is 2.34. The quantitative estimate of drug-likeness (QED) is 0.689. The van der Waals surface area contributed by atoms with Gasteiger partial charge in [0.1, 0.15) is 6.33 Å². The summed E-state index contributed by atoms with van der Waals surface area (Å²) >= 11 is 0. The molecule has 11 heteroatoms. The number of amides is 2. The maximum atomic E-state index is 12.5. The normalized spacial score (nSPS) is 15.2. The molecule has 1 aliphatic rings. The zero-order valence-electron chi connectivity index (χ0n) is 15.5. The smallest absolute Gasteiger partial charge is 0.340 e. The Labute approximate surface area is 160 Å². The van der Waals surface area contributed by atoms with Crippen LogP contribution in [0.15, 0.2) is 18.5 Å². The Morgan fingerprint density at radius 1 is 1.25 bits per heavy atom. The Morgan fingerprint density at radius 3 is 2.64 bits per heavy atom. The maximum absolute atomic E-state index is 12.5. The second-order valence-corrected chi connectivity index (χ2v) is 5.95. The van der Waals surface area contributed by atoms with E-state index in [-0.39, 0.29) is 30.1 Å². The number of hydrogen-bond donors (Lipinski definition) is 2. The van der Waals surface area contributed by atoms with Crippen molar-refractivity contribution in [3.05, 3.63) is 24.0 Å². The van der Waals surface area contributed by atoms with E-state index in [4.69, 9.17) is 14.2 Å². The third-order valence-electron chi connectivity index (χ3n) is 4.25. The van der Waals surface area contributed by atoms with Crippen LogP contribution in [-0.2, 0) is 20.9 Å². The molecular formula is C17H19N5O6. The molecule has 3 rings (SSSR count). The van der Waals surface area contributed by atoms with Gasteiger partial charge >= 0.3 is 5.97 Å². The third kappa shape index (κ3) is 3.72. The van der Waals surface area contributed by atoms with Gasteiger partial charge in [0.05, 0.1) is 45.0 Å². The van der Waals surface area contributed by atoms with Crippen molar-refractivity contribution in [2.75, 3.05) is 32.0 Å². The van der Waals surface area contributed by atoms with E-state index in [9.17, 15) is 14.4 Å². The number of nitrogens with one attached hydrogen (secondary N) is 2. The number of aromatic nitrogens is 3. The van der Waals surface area contributed by atoms with Crippen LogP contribution in [0.2, 0.25) is 0 Å². The molecule has 0 radical (unpaired) electrons. The summed E-state index contributed by atoms with van der Waals surface area (Å²) in [6, 6.07) is 2.87. The predicted molar refractivity (Wildman–Crippen MR) is 96.3 cm³/mol. The van der Waals surface area contributed by atoms with Crippen molar-refractivity contribution in [3.63, 3.8) is 0 Å². The Balaban J connectivity index is 1.79. The van der Waals surface area contributed by atoms with Crippen molar-refractivity contribution in [2.24, 2.45) is 5.92 Å². The number of ether oxygens (including phenoxy) is 3. The molecule has 11 nitrogen and oxygen atoms in total. The van der Waals surface area contributed by atoms with Crippen molar-refractivity contribution < 1.29 is 28.6 Å². The molecule has 0 fully saturated rings. The van der Waals surface area contributed by atoms with Gasteiger partial charge in [0.2, 0.25) is 17.8 Å². The minimum atomic E-state index is -0.654. The van der Waals surface area contributed by atoms with Crippen LogP contribution < -0.4 is 20.1 Å². The number of carbonyl (C=O) groups is 3. The van der Waals surface area contributed by atoms with Crippen LogP contribution in [0.1, 0.15) is 16.8 Å². The van der Waals surface area contributed by atoms with Crippen molar-refractivity contribution >= 4 is 29.4 Å². The van der Waals surface area contributed by atoms with Gasteiger partial charge in [-0.2, -0.15) is 10.1 Å². The number of nitrogens with zero attached hydrogens (tertiary/aromatic N) is 3. The molecule has 2 heterocycles. The molecule has 2 aromatic rings. The molecule has 1 aliphatic heterocycles. The molecule has 0 aliphatic carbocycles. The minimum absolute atomic E-state index is 0.0974.